The van der Waals surface area contributed by atoms with Crippen molar-refractivity contribution >= 4 is 5.97 Å². The van der Waals surface area contributed by atoms with Gasteiger partial charge >= 0.3 is 5.97 Å². The molecule has 0 spiro atoms. The molecule has 0 aromatic heterocycles. The molecule has 2 aliphatic rings. The molecule has 19 heavy (non-hydrogen) atoms. The molecule has 5 heteroatoms. The maximum Gasteiger partial charge on any atom is 0.326 e. The summed E-state index contributed by atoms with van der Waals surface area (Å²) in [5.74, 6) is -0.134. The SMILES string of the molecule is CNC1(C(=O)OC)CCC(N2CCOC(C)(C)C2)C1. The Labute approximate surface area is 115 Å². The highest BCUT2D eigenvalue weighted by atomic mass is 16.5. The maximum absolute atomic E-state index is 12.0. The first kappa shape index (κ1) is 14.8. The van der Waals surface area contributed by atoms with Gasteiger partial charge in [-0.25, -0.2) is 0 Å². The predicted octanol–water partition coefficient (Wildman–Crippen LogP) is 0.781. The molecular weight excluding hydrogens is 244 g/mol. The number of hydrogen-bond acceptors (Lipinski definition) is 5. The fraction of sp³-hybridized carbons (Fsp3) is 0.929. The predicted molar refractivity (Wildman–Crippen MR) is 73.0 cm³/mol. The average Bonchev–Trinajstić information content (AvgIpc) is 2.82. The number of hydrogen-bond donors (Lipinski definition) is 1. The van der Waals surface area contributed by atoms with Crippen molar-refractivity contribution in [2.75, 3.05) is 33.9 Å². The van der Waals surface area contributed by atoms with Crippen molar-refractivity contribution in [3.05, 3.63) is 0 Å². The Kier molecular flexibility index (Phi) is 4.18. The van der Waals surface area contributed by atoms with Gasteiger partial charge < -0.3 is 14.8 Å². The second-order valence-corrected chi connectivity index (χ2v) is 6.30. The zero-order valence-corrected chi connectivity index (χ0v) is 12.5. The van der Waals surface area contributed by atoms with E-state index in [2.05, 4.69) is 24.1 Å². The number of rotatable bonds is 3. The Morgan fingerprint density at radius 2 is 2.21 bits per heavy atom. The number of nitrogens with zero attached hydrogens (tertiary/aromatic N) is 1. The molecule has 1 saturated carbocycles. The summed E-state index contributed by atoms with van der Waals surface area (Å²) in [6.45, 7) is 6.90. The third-order valence-electron chi connectivity index (χ3n) is 4.51. The van der Waals surface area contributed by atoms with E-state index in [4.69, 9.17) is 9.47 Å². The van der Waals surface area contributed by atoms with Crippen LogP contribution in [0, 0.1) is 0 Å². The zero-order valence-electron chi connectivity index (χ0n) is 12.5. The molecule has 2 atom stereocenters. The number of morpholine rings is 1. The van der Waals surface area contributed by atoms with Crippen LogP contribution in [-0.4, -0.2) is 61.9 Å². The van der Waals surface area contributed by atoms with Crippen molar-refractivity contribution < 1.29 is 14.3 Å². The number of nitrogens with one attached hydrogen (secondary N) is 1. The van der Waals surface area contributed by atoms with Gasteiger partial charge in [-0.05, 0) is 40.2 Å². The van der Waals surface area contributed by atoms with E-state index in [1.165, 1.54) is 7.11 Å². The summed E-state index contributed by atoms with van der Waals surface area (Å²) in [6.07, 6.45) is 2.71. The first-order valence-corrected chi connectivity index (χ1v) is 7.08. The minimum atomic E-state index is -0.498. The lowest BCUT2D eigenvalue weighted by Gasteiger charge is -2.41. The smallest absolute Gasteiger partial charge is 0.326 e. The fourth-order valence-corrected chi connectivity index (χ4v) is 3.41. The highest BCUT2D eigenvalue weighted by Gasteiger charge is 2.47. The first-order chi connectivity index (χ1) is 8.92. The average molecular weight is 270 g/mol. The van der Waals surface area contributed by atoms with Crippen LogP contribution in [0.2, 0.25) is 0 Å². The molecule has 1 aliphatic carbocycles. The van der Waals surface area contributed by atoms with Gasteiger partial charge in [-0.2, -0.15) is 0 Å². The Balaban J connectivity index is 2.03. The molecule has 1 heterocycles. The Bertz CT molecular complexity index is 346. The van der Waals surface area contributed by atoms with Gasteiger partial charge in [0.2, 0.25) is 0 Å². The Morgan fingerprint density at radius 3 is 2.79 bits per heavy atom. The summed E-state index contributed by atoms with van der Waals surface area (Å²) in [5.41, 5.74) is -0.587. The number of methoxy groups -OCH3 is 1. The van der Waals surface area contributed by atoms with Crippen molar-refractivity contribution in [1.82, 2.24) is 10.2 Å². The van der Waals surface area contributed by atoms with Crippen molar-refractivity contribution in [3.8, 4) is 0 Å². The molecular formula is C14H26N2O3. The van der Waals surface area contributed by atoms with Gasteiger partial charge in [-0.15, -0.1) is 0 Å². The van der Waals surface area contributed by atoms with E-state index in [0.717, 1.165) is 39.0 Å². The topological polar surface area (TPSA) is 50.8 Å². The largest absolute Gasteiger partial charge is 0.468 e. The van der Waals surface area contributed by atoms with E-state index < -0.39 is 5.54 Å². The third kappa shape index (κ3) is 2.93. The van der Waals surface area contributed by atoms with E-state index in [1.54, 1.807) is 0 Å². The highest BCUT2D eigenvalue weighted by molar-refractivity contribution is 5.81. The Hall–Kier alpha value is -0.650. The highest BCUT2D eigenvalue weighted by Crippen LogP contribution is 2.35. The third-order valence-corrected chi connectivity index (χ3v) is 4.51. The zero-order chi connectivity index (χ0) is 14.1. The molecule has 0 amide bonds. The van der Waals surface area contributed by atoms with Crippen LogP contribution in [0.4, 0.5) is 0 Å². The Morgan fingerprint density at radius 1 is 1.47 bits per heavy atom. The summed E-state index contributed by atoms with van der Waals surface area (Å²) >= 11 is 0. The maximum atomic E-state index is 12.0. The van der Waals surface area contributed by atoms with Gasteiger partial charge in [0, 0.05) is 19.1 Å². The van der Waals surface area contributed by atoms with Crippen LogP contribution in [0.3, 0.4) is 0 Å². The van der Waals surface area contributed by atoms with E-state index in [9.17, 15) is 4.79 Å². The minimum absolute atomic E-state index is 0.0889. The monoisotopic (exact) mass is 270 g/mol. The number of likely N-dealkylation sites (N-methyl/N-ethyl adjacent to an activating group) is 1. The van der Waals surface area contributed by atoms with Crippen LogP contribution in [-0.2, 0) is 14.3 Å². The molecule has 5 nitrogen and oxygen atoms in total. The minimum Gasteiger partial charge on any atom is -0.468 e. The van der Waals surface area contributed by atoms with Crippen molar-refractivity contribution in [2.45, 2.75) is 50.3 Å². The lowest BCUT2D eigenvalue weighted by atomic mass is 9.97. The van der Waals surface area contributed by atoms with Crippen LogP contribution in [0.1, 0.15) is 33.1 Å². The number of carbonyl (C=O) groups is 1. The first-order valence-electron chi connectivity index (χ1n) is 7.08. The molecule has 110 valence electrons. The fourth-order valence-electron chi connectivity index (χ4n) is 3.41. The van der Waals surface area contributed by atoms with Crippen LogP contribution >= 0.6 is 0 Å². The molecule has 2 unspecified atom stereocenters. The van der Waals surface area contributed by atoms with E-state index in [-0.39, 0.29) is 11.6 Å². The summed E-state index contributed by atoms with van der Waals surface area (Å²) in [6, 6.07) is 0.440. The normalized spacial score (nSPS) is 35.3. The number of esters is 1. The number of carbonyl (C=O) groups excluding carboxylic acids is 1. The van der Waals surface area contributed by atoms with Crippen LogP contribution in [0.25, 0.3) is 0 Å². The lowest BCUT2D eigenvalue weighted by molar-refractivity contribution is -0.148. The standard InChI is InChI=1S/C14H26N2O3/c1-13(2)10-16(7-8-19-13)11-5-6-14(9-11,15-3)12(17)18-4/h11,15H,5-10H2,1-4H3. The van der Waals surface area contributed by atoms with Crippen LogP contribution < -0.4 is 5.32 Å². The van der Waals surface area contributed by atoms with Gasteiger partial charge in [-0.3, -0.25) is 9.69 Å². The molecule has 0 aromatic rings. The lowest BCUT2D eigenvalue weighted by Crippen LogP contribution is -2.54. The summed E-state index contributed by atoms with van der Waals surface area (Å²) in [4.78, 5) is 14.5. The van der Waals surface area contributed by atoms with E-state index >= 15 is 0 Å². The molecule has 1 N–H and O–H groups in total. The van der Waals surface area contributed by atoms with Gasteiger partial charge in [-0.1, -0.05) is 0 Å². The molecule has 1 aliphatic heterocycles. The van der Waals surface area contributed by atoms with E-state index in [1.807, 2.05) is 7.05 Å². The molecule has 2 rings (SSSR count). The summed E-state index contributed by atoms with van der Waals surface area (Å²) in [5, 5.41) is 3.19. The number of ether oxygens (including phenoxy) is 2. The van der Waals surface area contributed by atoms with Gasteiger partial charge in [0.05, 0.1) is 19.3 Å². The molecule has 1 saturated heterocycles. The second-order valence-electron chi connectivity index (χ2n) is 6.30. The van der Waals surface area contributed by atoms with Crippen LogP contribution in [0.15, 0.2) is 0 Å². The van der Waals surface area contributed by atoms with Crippen molar-refractivity contribution in [3.63, 3.8) is 0 Å². The summed E-state index contributed by atoms with van der Waals surface area (Å²) < 4.78 is 10.7. The molecule has 0 radical (unpaired) electrons. The van der Waals surface area contributed by atoms with Gasteiger partial charge in [0.25, 0.3) is 0 Å². The van der Waals surface area contributed by atoms with E-state index in [0.29, 0.717) is 6.04 Å². The van der Waals surface area contributed by atoms with Gasteiger partial charge in [0.1, 0.15) is 5.54 Å². The van der Waals surface area contributed by atoms with Gasteiger partial charge in [0.15, 0.2) is 0 Å². The quantitative estimate of drug-likeness (QED) is 0.768. The second kappa shape index (κ2) is 5.38. The van der Waals surface area contributed by atoms with Crippen molar-refractivity contribution in [2.24, 2.45) is 0 Å². The molecule has 2 fully saturated rings. The summed E-state index contributed by atoms with van der Waals surface area (Å²) in [7, 11) is 3.31. The van der Waals surface area contributed by atoms with Crippen LogP contribution in [0.5, 0.6) is 0 Å². The molecule has 0 bridgehead atoms. The molecule has 0 aromatic carbocycles. The van der Waals surface area contributed by atoms with Crippen molar-refractivity contribution in [1.29, 1.82) is 0 Å².